The Balaban J connectivity index is 2.16. The van der Waals surface area contributed by atoms with Gasteiger partial charge in [-0.2, -0.15) is 0 Å². The molecule has 1 aromatic rings. The van der Waals surface area contributed by atoms with Crippen LogP contribution in [0.2, 0.25) is 0 Å². The molecule has 0 bridgehead atoms. The van der Waals surface area contributed by atoms with Gasteiger partial charge in [-0.25, -0.2) is 0 Å². The van der Waals surface area contributed by atoms with E-state index in [4.69, 9.17) is 4.74 Å². The lowest BCUT2D eigenvalue weighted by atomic mass is 9.95. The van der Waals surface area contributed by atoms with Crippen molar-refractivity contribution in [2.75, 3.05) is 7.11 Å². The first kappa shape index (κ1) is 10.5. The smallest absolute Gasteiger partial charge is 0.122 e. The zero-order valence-electron chi connectivity index (χ0n) is 9.92. The molecule has 0 N–H and O–H groups in total. The summed E-state index contributed by atoms with van der Waals surface area (Å²) >= 11 is 0. The second-order valence-corrected chi connectivity index (χ2v) is 5.00. The van der Waals surface area contributed by atoms with Gasteiger partial charge in [-0.3, -0.25) is 0 Å². The van der Waals surface area contributed by atoms with E-state index < -0.39 is 0 Å². The second-order valence-electron chi connectivity index (χ2n) is 5.00. The van der Waals surface area contributed by atoms with E-state index in [1.165, 1.54) is 30.4 Å². The molecule has 0 amide bonds. The third kappa shape index (κ3) is 2.17. The second kappa shape index (κ2) is 4.26. The summed E-state index contributed by atoms with van der Waals surface area (Å²) in [5.41, 5.74) is 2.95. The molecule has 2 rings (SSSR count). The molecule has 15 heavy (non-hydrogen) atoms. The zero-order chi connectivity index (χ0) is 10.8. The van der Waals surface area contributed by atoms with Crippen molar-refractivity contribution in [3.63, 3.8) is 0 Å². The predicted octanol–water partition coefficient (Wildman–Crippen LogP) is 3.46. The Hall–Kier alpha value is -0.980. The van der Waals surface area contributed by atoms with E-state index in [-0.39, 0.29) is 0 Å². The summed E-state index contributed by atoms with van der Waals surface area (Å²) in [6, 6.07) is 6.43. The van der Waals surface area contributed by atoms with Gasteiger partial charge in [0.15, 0.2) is 0 Å². The first-order valence-corrected chi connectivity index (χ1v) is 5.85. The third-order valence-corrected chi connectivity index (χ3v) is 3.26. The number of benzene rings is 1. The maximum Gasteiger partial charge on any atom is 0.122 e. The van der Waals surface area contributed by atoms with E-state index in [1.54, 1.807) is 7.11 Å². The molecular formula is C14H20O. The monoisotopic (exact) mass is 204 g/mol. The Kier molecular flexibility index (Phi) is 2.99. The van der Waals surface area contributed by atoms with E-state index in [0.717, 1.165) is 17.6 Å². The first-order chi connectivity index (χ1) is 7.20. The molecule has 1 unspecified atom stereocenters. The van der Waals surface area contributed by atoms with Gasteiger partial charge in [0.25, 0.3) is 0 Å². The van der Waals surface area contributed by atoms with Crippen LogP contribution in [0.15, 0.2) is 18.2 Å². The lowest BCUT2D eigenvalue weighted by Gasteiger charge is -2.11. The standard InChI is InChI=1S/C14H20O/c1-10(2)7-11-8-12-5-4-6-14(15-3)13(12)9-11/h4-6,10-11H,7-9H2,1-3H3. The van der Waals surface area contributed by atoms with Gasteiger partial charge in [0.2, 0.25) is 0 Å². The van der Waals surface area contributed by atoms with Crippen LogP contribution < -0.4 is 4.74 Å². The number of hydrogen-bond acceptors (Lipinski definition) is 1. The highest BCUT2D eigenvalue weighted by atomic mass is 16.5. The molecule has 1 aromatic carbocycles. The van der Waals surface area contributed by atoms with Gasteiger partial charge in [0, 0.05) is 0 Å². The van der Waals surface area contributed by atoms with E-state index in [1.807, 2.05) is 0 Å². The molecule has 1 aliphatic rings. The molecule has 0 radical (unpaired) electrons. The van der Waals surface area contributed by atoms with Crippen molar-refractivity contribution in [3.05, 3.63) is 29.3 Å². The van der Waals surface area contributed by atoms with Crippen LogP contribution in [-0.4, -0.2) is 7.11 Å². The van der Waals surface area contributed by atoms with Crippen molar-refractivity contribution >= 4 is 0 Å². The number of methoxy groups -OCH3 is 1. The molecular weight excluding hydrogens is 184 g/mol. The lowest BCUT2D eigenvalue weighted by molar-refractivity contribution is 0.400. The highest BCUT2D eigenvalue weighted by Gasteiger charge is 2.24. The average molecular weight is 204 g/mol. The Morgan fingerprint density at radius 2 is 2.13 bits per heavy atom. The minimum absolute atomic E-state index is 0.801. The molecule has 0 heterocycles. The van der Waals surface area contributed by atoms with Crippen LogP contribution in [0.5, 0.6) is 5.75 Å². The summed E-state index contributed by atoms with van der Waals surface area (Å²) in [7, 11) is 1.77. The fourth-order valence-electron chi connectivity index (χ4n) is 2.73. The maximum atomic E-state index is 5.41. The fourth-order valence-corrected chi connectivity index (χ4v) is 2.73. The minimum atomic E-state index is 0.801. The van der Waals surface area contributed by atoms with E-state index >= 15 is 0 Å². The van der Waals surface area contributed by atoms with Crippen LogP contribution in [0, 0.1) is 11.8 Å². The summed E-state index contributed by atoms with van der Waals surface area (Å²) in [4.78, 5) is 0. The van der Waals surface area contributed by atoms with Crippen LogP contribution >= 0.6 is 0 Å². The summed E-state index contributed by atoms with van der Waals surface area (Å²) in [6.45, 7) is 4.61. The molecule has 0 aromatic heterocycles. The molecule has 1 aliphatic carbocycles. The molecule has 82 valence electrons. The summed E-state index contributed by atoms with van der Waals surface area (Å²) < 4.78 is 5.41. The molecule has 0 fully saturated rings. The highest BCUT2D eigenvalue weighted by Crippen LogP contribution is 2.36. The molecule has 1 atom stereocenters. The van der Waals surface area contributed by atoms with Crippen LogP contribution in [0.25, 0.3) is 0 Å². The van der Waals surface area contributed by atoms with Crippen molar-refractivity contribution in [2.45, 2.75) is 33.1 Å². The van der Waals surface area contributed by atoms with Crippen LogP contribution in [0.4, 0.5) is 0 Å². The van der Waals surface area contributed by atoms with Crippen LogP contribution in [0.3, 0.4) is 0 Å². The SMILES string of the molecule is COc1cccc2c1CC(CC(C)C)C2. The highest BCUT2D eigenvalue weighted by molar-refractivity contribution is 5.43. The summed E-state index contributed by atoms with van der Waals surface area (Å²) in [5.74, 6) is 2.71. The van der Waals surface area contributed by atoms with Gasteiger partial charge in [-0.1, -0.05) is 26.0 Å². The molecule has 0 saturated carbocycles. The van der Waals surface area contributed by atoms with E-state index in [2.05, 4.69) is 32.0 Å². The van der Waals surface area contributed by atoms with Gasteiger partial charge < -0.3 is 4.74 Å². The Morgan fingerprint density at radius 1 is 1.33 bits per heavy atom. The summed E-state index contributed by atoms with van der Waals surface area (Å²) in [5, 5.41) is 0. The summed E-state index contributed by atoms with van der Waals surface area (Å²) in [6.07, 6.45) is 3.78. The Morgan fingerprint density at radius 3 is 2.80 bits per heavy atom. The van der Waals surface area contributed by atoms with Gasteiger partial charge in [0.1, 0.15) is 5.75 Å². The largest absolute Gasteiger partial charge is 0.496 e. The van der Waals surface area contributed by atoms with Gasteiger partial charge in [-0.15, -0.1) is 0 Å². The van der Waals surface area contributed by atoms with Crippen molar-refractivity contribution in [1.82, 2.24) is 0 Å². The van der Waals surface area contributed by atoms with Crippen LogP contribution in [-0.2, 0) is 12.8 Å². The predicted molar refractivity (Wildman–Crippen MR) is 63.3 cm³/mol. The van der Waals surface area contributed by atoms with Gasteiger partial charge in [0.05, 0.1) is 7.11 Å². The van der Waals surface area contributed by atoms with E-state index in [0.29, 0.717) is 0 Å². The number of ether oxygens (including phenoxy) is 1. The normalized spacial score (nSPS) is 19.3. The Bertz CT molecular complexity index is 341. The number of rotatable bonds is 3. The zero-order valence-corrected chi connectivity index (χ0v) is 9.92. The molecule has 1 nitrogen and oxygen atoms in total. The lowest BCUT2D eigenvalue weighted by Crippen LogP contribution is -2.03. The average Bonchev–Trinajstić information content (AvgIpc) is 2.58. The van der Waals surface area contributed by atoms with Crippen molar-refractivity contribution < 1.29 is 4.74 Å². The fraction of sp³-hybridized carbons (Fsp3) is 0.571. The van der Waals surface area contributed by atoms with Crippen molar-refractivity contribution in [2.24, 2.45) is 11.8 Å². The van der Waals surface area contributed by atoms with Crippen molar-refractivity contribution in [1.29, 1.82) is 0 Å². The maximum absolute atomic E-state index is 5.41. The molecule has 0 saturated heterocycles. The quantitative estimate of drug-likeness (QED) is 0.732. The van der Waals surface area contributed by atoms with Gasteiger partial charge >= 0.3 is 0 Å². The van der Waals surface area contributed by atoms with E-state index in [9.17, 15) is 0 Å². The molecule has 0 spiro atoms. The molecule has 1 heteroatoms. The number of hydrogen-bond donors (Lipinski definition) is 0. The number of fused-ring (bicyclic) bond motifs is 1. The van der Waals surface area contributed by atoms with Crippen molar-refractivity contribution in [3.8, 4) is 5.75 Å². The Labute approximate surface area is 92.5 Å². The third-order valence-electron chi connectivity index (χ3n) is 3.26. The topological polar surface area (TPSA) is 9.23 Å². The minimum Gasteiger partial charge on any atom is -0.496 e. The van der Waals surface area contributed by atoms with Gasteiger partial charge in [-0.05, 0) is 48.3 Å². The van der Waals surface area contributed by atoms with Crippen LogP contribution in [0.1, 0.15) is 31.4 Å². The first-order valence-electron chi connectivity index (χ1n) is 5.85. The molecule has 0 aliphatic heterocycles.